The number of nitrogens with zero attached hydrogens (tertiary/aromatic N) is 9. The minimum absolute atomic E-state index is 0.00867. The first kappa shape index (κ1) is 69.1. The second-order valence-corrected chi connectivity index (χ2v) is 29.3. The third kappa shape index (κ3) is 14.6. The van der Waals surface area contributed by atoms with Gasteiger partial charge in [-0.15, -0.1) is 6.42 Å². The lowest BCUT2D eigenvalue weighted by molar-refractivity contribution is -0.122. The molecule has 2 saturated heterocycles. The highest BCUT2D eigenvalue weighted by Gasteiger charge is 2.36. The van der Waals surface area contributed by atoms with Crippen LogP contribution in [0.4, 0.5) is 46.4 Å². The number of nitrogens with one attached hydrogen (secondary N) is 7. The van der Waals surface area contributed by atoms with Gasteiger partial charge in [0.1, 0.15) is 23.2 Å². The number of fused-ring (bicyclic) bond motifs is 6. The molecule has 10 heterocycles. The van der Waals surface area contributed by atoms with Gasteiger partial charge in [-0.3, -0.25) is 28.3 Å². The highest BCUT2D eigenvalue weighted by atomic mass is 16.1. The van der Waals surface area contributed by atoms with Gasteiger partial charge in [0.2, 0.25) is 17.8 Å². The van der Waals surface area contributed by atoms with E-state index < -0.39 is 6.04 Å². The number of pyridine rings is 2. The third-order valence-electron chi connectivity index (χ3n) is 22.3. The summed E-state index contributed by atoms with van der Waals surface area (Å²) in [5.41, 5.74) is 17.9. The number of benzene rings is 6. The number of aromatic nitrogens is 8. The van der Waals surface area contributed by atoms with Crippen LogP contribution in [0.1, 0.15) is 141 Å². The molecule has 1 saturated carbocycles. The Balaban J connectivity index is 0.000000119. The molecule has 19 rings (SSSR count). The summed E-state index contributed by atoms with van der Waals surface area (Å²) in [5.74, 6) is 6.31. The minimum Gasteiger partial charge on any atom is -0.383 e. The van der Waals surface area contributed by atoms with E-state index in [2.05, 4.69) is 173 Å². The molecule has 20 heteroatoms. The normalized spacial score (nSPS) is 19.4. The van der Waals surface area contributed by atoms with Crippen LogP contribution in [-0.4, -0.2) is 102 Å². The zero-order valence-corrected chi connectivity index (χ0v) is 60.1. The number of piperidine rings is 1. The minimum atomic E-state index is -0.564. The largest absolute Gasteiger partial charge is 0.383 e. The fourth-order valence-electron chi connectivity index (χ4n) is 16.4. The Morgan fingerprint density at radius 1 is 0.528 bits per heavy atom. The Bertz CT molecular complexity index is 5530. The molecule has 0 amide bonds. The van der Waals surface area contributed by atoms with Crippen LogP contribution in [0.2, 0.25) is 0 Å². The monoisotopic (exact) mass is 1430 g/mol. The summed E-state index contributed by atoms with van der Waals surface area (Å²) < 4.78 is 3.24. The smallest absolute Gasteiger partial charge is 0.268 e. The molecule has 0 bridgehead atoms. The third-order valence-corrected chi connectivity index (χ3v) is 22.3. The second kappa shape index (κ2) is 30.5. The highest BCUT2D eigenvalue weighted by Crippen LogP contribution is 2.41. The predicted molar refractivity (Wildman–Crippen MR) is 428 cm³/mol. The quantitative estimate of drug-likeness (QED) is 0.0531. The lowest BCUT2D eigenvalue weighted by Crippen LogP contribution is -2.44. The number of para-hydroxylation sites is 1. The van der Waals surface area contributed by atoms with Crippen LogP contribution in [0.3, 0.4) is 0 Å². The number of allylic oxidation sites excluding steroid dienone is 1. The molecule has 7 N–H and O–H groups in total. The standard InChI is InChI=1S/C31H31N5O2.C30H25N5O2.C27H28N6/c37-28-17-23-4-2-1-3-22(23)16-27(28)36-29-24(15-26(30(36)38)21-5-6-21)18-33-31(35-29)34-25-9-7-19(8-10-25)20-11-13-32-14-12-20;1-2-19-15-23-18-32-30(33-24-9-7-20(8-10-24)21-11-13-31-14-12-21)34-28(23)35(29(19)37)25-16-22-5-3-4-6-26(22)27(36)17-25;1-18-6-7-22-16-30-27(31-23-10-8-19(9-11-23)21-12-13-28-15-21)32-26(22)33(18)24-14-20-4-2-3-5-25(20)29-17-24/h1-4,7-10,15,18,20-21,27,32H,5-6,11-14,16-17H2,(H,33,34,35);1,3-11,15,18,25,31H,12-14,16-17H2,(H,32,33,34);2-11,16,21,24,28-29H,1,12-15,17H2,(H,30,31,32). The van der Waals surface area contributed by atoms with Crippen LogP contribution >= 0.6 is 0 Å². The van der Waals surface area contributed by atoms with Crippen molar-refractivity contribution in [3.8, 4) is 12.3 Å². The Morgan fingerprint density at radius 2 is 1.14 bits per heavy atom. The second-order valence-electron chi connectivity index (χ2n) is 29.3. The molecule has 4 atom stereocenters. The average molecular weight is 1430 g/mol. The number of ketones is 2. The first-order valence-electron chi connectivity index (χ1n) is 37.8. The van der Waals surface area contributed by atoms with Crippen molar-refractivity contribution in [2.24, 2.45) is 0 Å². The summed E-state index contributed by atoms with van der Waals surface area (Å²) in [5, 5.41) is 25.2. The molecular formula is C88H84N16O4. The lowest BCUT2D eigenvalue weighted by Gasteiger charge is -2.39. The van der Waals surface area contributed by atoms with Crippen molar-refractivity contribution < 1.29 is 9.59 Å². The van der Waals surface area contributed by atoms with E-state index in [0.717, 1.165) is 146 Å². The summed E-state index contributed by atoms with van der Waals surface area (Å²) in [4.78, 5) is 83.8. The van der Waals surface area contributed by atoms with E-state index in [1.54, 1.807) is 27.6 Å². The van der Waals surface area contributed by atoms with Crippen LogP contribution < -0.4 is 53.2 Å². The van der Waals surface area contributed by atoms with E-state index in [1.807, 2.05) is 72.9 Å². The zero-order valence-electron chi connectivity index (χ0n) is 60.1. The van der Waals surface area contributed by atoms with E-state index >= 15 is 0 Å². The van der Waals surface area contributed by atoms with Gasteiger partial charge in [0, 0.05) is 113 Å². The number of carbonyl (C=O) groups is 2. The molecule has 3 fully saturated rings. The van der Waals surface area contributed by atoms with Crippen LogP contribution in [0.25, 0.3) is 33.7 Å². The average Bonchev–Trinajstić information content (AvgIpc) is 1.15. The molecule has 20 nitrogen and oxygen atoms in total. The fourth-order valence-corrected chi connectivity index (χ4v) is 16.4. The number of rotatable bonds is 13. The van der Waals surface area contributed by atoms with E-state index in [1.165, 1.54) is 39.9 Å². The van der Waals surface area contributed by atoms with Crippen LogP contribution in [-0.2, 0) is 30.5 Å². The summed E-state index contributed by atoms with van der Waals surface area (Å²) >= 11 is 0. The fraction of sp³-hybridized carbons (Fsp3) is 0.273. The van der Waals surface area contributed by atoms with Gasteiger partial charge in [-0.25, -0.2) is 15.0 Å². The van der Waals surface area contributed by atoms with Gasteiger partial charge >= 0.3 is 0 Å². The lowest BCUT2D eigenvalue weighted by atomic mass is 9.87. The van der Waals surface area contributed by atoms with Crippen LogP contribution in [0, 0.1) is 12.3 Å². The van der Waals surface area contributed by atoms with Crippen molar-refractivity contribution in [2.75, 3.05) is 72.0 Å². The summed E-state index contributed by atoms with van der Waals surface area (Å²) in [6, 6.07) is 52.2. The van der Waals surface area contributed by atoms with E-state index in [4.69, 9.17) is 21.4 Å². The van der Waals surface area contributed by atoms with Crippen molar-refractivity contribution in [3.63, 3.8) is 0 Å². The predicted octanol–water partition coefficient (Wildman–Crippen LogP) is 13.7. The molecule has 6 aromatic carbocycles. The van der Waals surface area contributed by atoms with Gasteiger partial charge in [0.25, 0.3) is 11.1 Å². The Morgan fingerprint density at radius 3 is 1.82 bits per heavy atom. The molecule has 8 aliphatic rings. The maximum Gasteiger partial charge on any atom is 0.268 e. The SMILES string of the molecule is C#Cc1cc2cnc(Nc3ccc(C4=CCNCC4)cc3)nc2n(C2CC(=O)c3ccccc3C2)c1=O.C=C1C=Cc2cnc(Nc3ccc(C4CCNC4)cc3)nc2N1C1CNc2ccccc2C1.O=C1Cc2ccccc2CC1n1c(=O)c(C2CC2)cc2cnc(Nc3ccc(C4CCNCC4)cc3)nc21. The first-order valence-corrected chi connectivity index (χ1v) is 37.8. The molecular weight excluding hydrogens is 1350 g/mol. The molecule has 540 valence electrons. The Labute approximate surface area is 626 Å². The topological polar surface area (TPSA) is 243 Å². The van der Waals surface area contributed by atoms with Crippen molar-refractivity contribution in [2.45, 2.75) is 107 Å². The molecule has 11 aromatic rings. The van der Waals surface area contributed by atoms with Gasteiger partial charge in [0.15, 0.2) is 11.6 Å². The van der Waals surface area contributed by atoms with E-state index in [-0.39, 0.29) is 52.7 Å². The molecule has 0 spiro atoms. The maximum absolute atomic E-state index is 13.8. The van der Waals surface area contributed by atoms with Crippen molar-refractivity contribution in [1.29, 1.82) is 0 Å². The summed E-state index contributed by atoms with van der Waals surface area (Å²) in [6.45, 7) is 11.3. The summed E-state index contributed by atoms with van der Waals surface area (Å²) in [7, 11) is 0. The number of anilines is 8. The van der Waals surface area contributed by atoms with Crippen molar-refractivity contribution in [1.82, 2.24) is 55.0 Å². The molecule has 0 radical (unpaired) electrons. The van der Waals surface area contributed by atoms with Crippen molar-refractivity contribution >= 4 is 91.7 Å². The van der Waals surface area contributed by atoms with Gasteiger partial charge in [-0.1, -0.05) is 122 Å². The highest BCUT2D eigenvalue weighted by molar-refractivity contribution is 5.99. The molecule has 108 heavy (non-hydrogen) atoms. The van der Waals surface area contributed by atoms with Gasteiger partial charge in [-0.2, -0.15) is 15.0 Å². The van der Waals surface area contributed by atoms with Crippen LogP contribution in [0.15, 0.2) is 210 Å². The molecule has 5 aromatic heterocycles. The number of Topliss-reactive ketones (excluding diaryl/α,β-unsaturated/α-hetero) is 2. The van der Waals surface area contributed by atoms with E-state index in [0.29, 0.717) is 71.2 Å². The first-order chi connectivity index (χ1) is 53.0. The Hall–Kier alpha value is -12.0. The van der Waals surface area contributed by atoms with Gasteiger partial charge in [0.05, 0.1) is 17.6 Å². The Kier molecular flexibility index (Phi) is 19.5. The summed E-state index contributed by atoms with van der Waals surface area (Å²) in [6.07, 6.45) is 26.4. The van der Waals surface area contributed by atoms with Gasteiger partial charge < -0.3 is 42.1 Å². The van der Waals surface area contributed by atoms with Gasteiger partial charge in [-0.05, 0) is 207 Å². The number of hydrogen-bond acceptors (Lipinski definition) is 18. The molecule has 3 aliphatic carbocycles. The van der Waals surface area contributed by atoms with Crippen molar-refractivity contribution in [3.05, 3.63) is 283 Å². The number of terminal acetylenes is 1. The van der Waals surface area contributed by atoms with E-state index in [9.17, 15) is 19.2 Å². The van der Waals surface area contributed by atoms with Crippen LogP contribution in [0.5, 0.6) is 0 Å². The molecule has 4 unspecified atom stereocenters. The number of hydrogen-bond donors (Lipinski definition) is 7. The molecule has 5 aliphatic heterocycles. The number of carbonyl (C=O) groups excluding carboxylic acids is 2. The zero-order chi connectivity index (χ0) is 73.2. The maximum atomic E-state index is 13.8.